The second-order valence-corrected chi connectivity index (χ2v) is 5.34. The number of aryl methyl sites for hydroxylation is 1. The summed E-state index contributed by atoms with van der Waals surface area (Å²) in [6.45, 7) is 3.06. The lowest BCUT2D eigenvalue weighted by atomic mass is 10.1. The van der Waals surface area contributed by atoms with Crippen molar-refractivity contribution in [3.63, 3.8) is 0 Å². The molecular weight excluding hydrogens is 242 g/mol. The highest BCUT2D eigenvalue weighted by molar-refractivity contribution is 7.98. The smallest absolute Gasteiger partial charge is 0.0719 e. The predicted molar refractivity (Wildman–Crippen MR) is 80.3 cm³/mol. The van der Waals surface area contributed by atoms with Crippen LogP contribution in [0.5, 0.6) is 0 Å². The van der Waals surface area contributed by atoms with Crippen LogP contribution < -0.4 is 5.32 Å². The van der Waals surface area contributed by atoms with Crippen LogP contribution >= 0.6 is 11.8 Å². The fraction of sp³-hybridized carbons (Fsp3) is 0.500. The number of thioether (sulfide) groups is 1. The molecule has 0 amide bonds. The van der Waals surface area contributed by atoms with E-state index >= 15 is 0 Å². The zero-order valence-electron chi connectivity index (χ0n) is 11.3. The maximum Gasteiger partial charge on any atom is 0.0719 e. The molecule has 1 N–H and O–H groups in total. The van der Waals surface area contributed by atoms with Crippen LogP contribution in [0.4, 0.5) is 0 Å². The molecule has 2 rings (SSSR count). The number of nitrogens with one attached hydrogen (secondary N) is 1. The molecule has 0 radical (unpaired) electrons. The van der Waals surface area contributed by atoms with Crippen molar-refractivity contribution in [2.45, 2.75) is 25.9 Å². The Labute approximate surface area is 113 Å². The van der Waals surface area contributed by atoms with Crippen molar-refractivity contribution in [2.24, 2.45) is 0 Å². The van der Waals surface area contributed by atoms with E-state index in [1.54, 1.807) is 0 Å². The summed E-state index contributed by atoms with van der Waals surface area (Å²) in [5.41, 5.74) is 2.45. The first-order chi connectivity index (χ1) is 8.80. The fourth-order valence-electron chi connectivity index (χ4n) is 2.27. The summed E-state index contributed by atoms with van der Waals surface area (Å²) in [6, 6.07) is 8.99. The molecule has 0 fully saturated rings. The lowest BCUT2D eigenvalue weighted by Gasteiger charge is -2.13. The van der Waals surface area contributed by atoms with Crippen LogP contribution in [-0.2, 0) is 13.0 Å². The van der Waals surface area contributed by atoms with Gasteiger partial charge in [-0.1, -0.05) is 18.2 Å². The molecule has 0 aliphatic carbocycles. The SMILES string of the molecule is CCn1nc(CC(CSC)NC)c2ccccc21. The number of hydrogen-bond acceptors (Lipinski definition) is 3. The number of nitrogens with zero attached hydrogens (tertiary/aromatic N) is 2. The number of rotatable bonds is 6. The summed E-state index contributed by atoms with van der Waals surface area (Å²) in [4.78, 5) is 0. The van der Waals surface area contributed by atoms with E-state index < -0.39 is 0 Å². The van der Waals surface area contributed by atoms with E-state index in [-0.39, 0.29) is 0 Å². The van der Waals surface area contributed by atoms with Gasteiger partial charge in [0.15, 0.2) is 0 Å². The summed E-state index contributed by atoms with van der Waals surface area (Å²) < 4.78 is 2.09. The maximum absolute atomic E-state index is 4.75. The quantitative estimate of drug-likeness (QED) is 0.868. The minimum atomic E-state index is 0.489. The Kier molecular flexibility index (Phi) is 4.66. The van der Waals surface area contributed by atoms with Gasteiger partial charge in [0.25, 0.3) is 0 Å². The Morgan fingerprint density at radius 2 is 2.17 bits per heavy atom. The summed E-state index contributed by atoms with van der Waals surface area (Å²) in [5, 5.41) is 9.41. The van der Waals surface area contributed by atoms with E-state index in [9.17, 15) is 0 Å². The average Bonchev–Trinajstić information content (AvgIpc) is 2.76. The van der Waals surface area contributed by atoms with Crippen molar-refractivity contribution in [3.8, 4) is 0 Å². The van der Waals surface area contributed by atoms with E-state index in [0.29, 0.717) is 6.04 Å². The van der Waals surface area contributed by atoms with Gasteiger partial charge in [0.2, 0.25) is 0 Å². The molecule has 1 heterocycles. The monoisotopic (exact) mass is 263 g/mol. The number of benzene rings is 1. The van der Waals surface area contributed by atoms with Gasteiger partial charge in [-0.3, -0.25) is 4.68 Å². The summed E-state index contributed by atoms with van der Waals surface area (Å²) in [5.74, 6) is 1.11. The Balaban J connectivity index is 2.32. The molecule has 1 aromatic carbocycles. The molecule has 1 unspecified atom stereocenters. The van der Waals surface area contributed by atoms with Crippen LogP contribution in [0, 0.1) is 0 Å². The molecule has 0 saturated heterocycles. The molecule has 4 heteroatoms. The number of para-hydroxylation sites is 1. The topological polar surface area (TPSA) is 29.9 Å². The van der Waals surface area contributed by atoms with Crippen LogP contribution in [0.25, 0.3) is 10.9 Å². The van der Waals surface area contributed by atoms with Gasteiger partial charge in [-0.25, -0.2) is 0 Å². The lowest BCUT2D eigenvalue weighted by molar-refractivity contribution is 0.593. The molecule has 3 nitrogen and oxygen atoms in total. The maximum atomic E-state index is 4.75. The van der Waals surface area contributed by atoms with Crippen molar-refractivity contribution >= 4 is 22.7 Å². The second kappa shape index (κ2) is 6.25. The van der Waals surface area contributed by atoms with Crippen LogP contribution in [0.1, 0.15) is 12.6 Å². The summed E-state index contributed by atoms with van der Waals surface area (Å²) >= 11 is 1.87. The molecule has 0 bridgehead atoms. The molecule has 18 heavy (non-hydrogen) atoms. The summed E-state index contributed by atoms with van der Waals surface area (Å²) in [7, 11) is 2.03. The third kappa shape index (κ3) is 2.70. The molecule has 0 spiro atoms. The van der Waals surface area contributed by atoms with Gasteiger partial charge >= 0.3 is 0 Å². The van der Waals surface area contributed by atoms with Gasteiger partial charge in [0.1, 0.15) is 0 Å². The lowest BCUT2D eigenvalue weighted by Crippen LogP contribution is -2.30. The van der Waals surface area contributed by atoms with Gasteiger partial charge in [0.05, 0.1) is 11.2 Å². The van der Waals surface area contributed by atoms with Crippen molar-refractivity contribution in [2.75, 3.05) is 19.1 Å². The Bertz CT molecular complexity index is 507. The first-order valence-electron chi connectivity index (χ1n) is 6.40. The highest BCUT2D eigenvalue weighted by Crippen LogP contribution is 2.20. The zero-order valence-corrected chi connectivity index (χ0v) is 12.1. The van der Waals surface area contributed by atoms with Crippen LogP contribution in [0.15, 0.2) is 24.3 Å². The van der Waals surface area contributed by atoms with Gasteiger partial charge < -0.3 is 5.32 Å². The van der Waals surface area contributed by atoms with Gasteiger partial charge in [-0.05, 0) is 26.3 Å². The Morgan fingerprint density at radius 3 is 2.83 bits per heavy atom. The predicted octanol–water partition coefficient (Wildman–Crippen LogP) is 2.55. The number of hydrogen-bond donors (Lipinski definition) is 1. The highest BCUT2D eigenvalue weighted by atomic mass is 32.2. The third-order valence-corrected chi connectivity index (χ3v) is 3.99. The first-order valence-corrected chi connectivity index (χ1v) is 7.80. The molecular formula is C14H21N3S. The minimum Gasteiger partial charge on any atom is -0.316 e. The van der Waals surface area contributed by atoms with Crippen molar-refractivity contribution in [3.05, 3.63) is 30.0 Å². The first kappa shape index (κ1) is 13.4. The standard InChI is InChI=1S/C14H21N3S/c1-4-17-14-8-6-5-7-12(14)13(16-17)9-11(15-2)10-18-3/h5-8,11,15H,4,9-10H2,1-3H3. The van der Waals surface area contributed by atoms with E-state index in [4.69, 9.17) is 5.10 Å². The largest absolute Gasteiger partial charge is 0.316 e. The molecule has 1 aromatic heterocycles. The van der Waals surface area contributed by atoms with E-state index in [2.05, 4.69) is 47.4 Å². The molecule has 98 valence electrons. The summed E-state index contributed by atoms with van der Waals surface area (Å²) in [6.07, 6.45) is 3.14. The third-order valence-electron chi connectivity index (χ3n) is 3.25. The zero-order chi connectivity index (χ0) is 13.0. The van der Waals surface area contributed by atoms with E-state index in [1.165, 1.54) is 16.6 Å². The molecule has 0 saturated carbocycles. The van der Waals surface area contributed by atoms with Crippen molar-refractivity contribution < 1.29 is 0 Å². The molecule has 1 atom stereocenters. The van der Waals surface area contributed by atoms with E-state index in [0.717, 1.165) is 18.7 Å². The average molecular weight is 263 g/mol. The van der Waals surface area contributed by atoms with Crippen molar-refractivity contribution in [1.82, 2.24) is 15.1 Å². The minimum absolute atomic E-state index is 0.489. The Hall–Kier alpha value is -1.00. The number of fused-ring (bicyclic) bond motifs is 1. The van der Waals surface area contributed by atoms with Gasteiger partial charge in [-0.2, -0.15) is 16.9 Å². The molecule has 0 aliphatic heterocycles. The Morgan fingerprint density at radius 1 is 1.39 bits per heavy atom. The van der Waals surface area contributed by atoms with Crippen LogP contribution in [0.2, 0.25) is 0 Å². The van der Waals surface area contributed by atoms with Crippen molar-refractivity contribution in [1.29, 1.82) is 0 Å². The molecule has 2 aromatic rings. The normalized spacial score (nSPS) is 13.1. The number of aromatic nitrogens is 2. The molecule has 0 aliphatic rings. The fourth-order valence-corrected chi connectivity index (χ4v) is 2.95. The van der Waals surface area contributed by atoms with Gasteiger partial charge in [-0.15, -0.1) is 0 Å². The second-order valence-electron chi connectivity index (χ2n) is 4.42. The highest BCUT2D eigenvalue weighted by Gasteiger charge is 2.13. The van der Waals surface area contributed by atoms with Gasteiger partial charge in [0, 0.05) is 30.1 Å². The van der Waals surface area contributed by atoms with Crippen LogP contribution in [-0.4, -0.2) is 34.9 Å². The van der Waals surface area contributed by atoms with E-state index in [1.807, 2.05) is 18.8 Å². The van der Waals surface area contributed by atoms with Crippen LogP contribution in [0.3, 0.4) is 0 Å². The number of likely N-dealkylation sites (N-methyl/N-ethyl adjacent to an activating group) is 1.